The molecule has 0 spiro atoms. The van der Waals surface area contributed by atoms with Gasteiger partial charge in [0.2, 0.25) is 0 Å². The standard InChI is InChI=1S/C17H17ClN2O/c1-3-21-15-9-5-4-8-13(15)16-14(11-18)20-10-6-7-12(2)17(20)19-16/h4-10H,3,11H2,1-2H3. The van der Waals surface area contributed by atoms with Crippen LogP contribution in [0, 0.1) is 6.92 Å². The molecule has 1 aromatic carbocycles. The number of para-hydroxylation sites is 1. The summed E-state index contributed by atoms with van der Waals surface area (Å²) in [5.41, 5.74) is 4.93. The van der Waals surface area contributed by atoms with Crippen molar-refractivity contribution in [2.45, 2.75) is 19.7 Å². The minimum absolute atomic E-state index is 0.403. The Labute approximate surface area is 129 Å². The molecule has 0 aliphatic heterocycles. The maximum absolute atomic E-state index is 6.18. The third kappa shape index (κ3) is 2.38. The summed E-state index contributed by atoms with van der Waals surface area (Å²) in [4.78, 5) is 4.79. The monoisotopic (exact) mass is 300 g/mol. The van der Waals surface area contributed by atoms with Crippen LogP contribution in [-0.2, 0) is 5.88 Å². The normalized spacial score (nSPS) is 11.0. The van der Waals surface area contributed by atoms with Crippen LogP contribution >= 0.6 is 11.6 Å². The highest BCUT2D eigenvalue weighted by atomic mass is 35.5. The number of hydrogen-bond acceptors (Lipinski definition) is 2. The number of halogens is 1. The van der Waals surface area contributed by atoms with Gasteiger partial charge in [-0.15, -0.1) is 11.6 Å². The molecule has 0 saturated heterocycles. The zero-order valence-electron chi connectivity index (χ0n) is 12.1. The predicted molar refractivity (Wildman–Crippen MR) is 86.1 cm³/mol. The van der Waals surface area contributed by atoms with Gasteiger partial charge in [-0.25, -0.2) is 4.98 Å². The number of aryl methyl sites for hydroxylation is 1. The summed E-state index contributed by atoms with van der Waals surface area (Å²) in [5, 5.41) is 0. The number of fused-ring (bicyclic) bond motifs is 1. The molecule has 3 nitrogen and oxygen atoms in total. The second-order valence-corrected chi connectivity index (χ2v) is 5.12. The van der Waals surface area contributed by atoms with E-state index in [9.17, 15) is 0 Å². The van der Waals surface area contributed by atoms with Gasteiger partial charge in [0.1, 0.15) is 11.4 Å². The topological polar surface area (TPSA) is 26.5 Å². The highest BCUT2D eigenvalue weighted by Gasteiger charge is 2.17. The van der Waals surface area contributed by atoms with Crippen molar-refractivity contribution in [3.63, 3.8) is 0 Å². The maximum Gasteiger partial charge on any atom is 0.140 e. The summed E-state index contributed by atoms with van der Waals surface area (Å²) in [6.07, 6.45) is 2.00. The summed E-state index contributed by atoms with van der Waals surface area (Å²) in [5.74, 6) is 1.24. The molecule has 0 aliphatic carbocycles. The lowest BCUT2D eigenvalue weighted by molar-refractivity contribution is 0.341. The largest absolute Gasteiger partial charge is 0.493 e. The lowest BCUT2D eigenvalue weighted by atomic mass is 10.1. The summed E-state index contributed by atoms with van der Waals surface area (Å²) in [6, 6.07) is 12.0. The smallest absolute Gasteiger partial charge is 0.140 e. The Morgan fingerprint density at radius 2 is 2.00 bits per heavy atom. The van der Waals surface area contributed by atoms with Crippen molar-refractivity contribution in [1.29, 1.82) is 0 Å². The van der Waals surface area contributed by atoms with Crippen LogP contribution in [0.2, 0.25) is 0 Å². The van der Waals surface area contributed by atoms with Gasteiger partial charge in [0.05, 0.1) is 23.9 Å². The first kappa shape index (κ1) is 14.0. The number of aromatic nitrogens is 2. The minimum Gasteiger partial charge on any atom is -0.493 e. The molecule has 0 amide bonds. The van der Waals surface area contributed by atoms with Crippen molar-refractivity contribution in [2.24, 2.45) is 0 Å². The lowest BCUT2D eigenvalue weighted by Gasteiger charge is -2.09. The van der Waals surface area contributed by atoms with Gasteiger partial charge in [0.15, 0.2) is 0 Å². The Morgan fingerprint density at radius 3 is 2.76 bits per heavy atom. The van der Waals surface area contributed by atoms with Gasteiger partial charge in [-0.2, -0.15) is 0 Å². The molecule has 2 aromatic heterocycles. The zero-order chi connectivity index (χ0) is 14.8. The van der Waals surface area contributed by atoms with E-state index in [2.05, 4.69) is 17.4 Å². The lowest BCUT2D eigenvalue weighted by Crippen LogP contribution is -1.96. The first-order valence-corrected chi connectivity index (χ1v) is 7.54. The molecule has 0 N–H and O–H groups in total. The van der Waals surface area contributed by atoms with Crippen molar-refractivity contribution < 1.29 is 4.74 Å². The Balaban J connectivity index is 2.28. The highest BCUT2D eigenvalue weighted by molar-refractivity contribution is 6.17. The van der Waals surface area contributed by atoms with E-state index in [1.165, 1.54) is 0 Å². The molecule has 3 rings (SSSR count). The van der Waals surface area contributed by atoms with Gasteiger partial charge in [-0.05, 0) is 37.6 Å². The van der Waals surface area contributed by atoms with Crippen LogP contribution in [0.15, 0.2) is 42.6 Å². The second-order valence-electron chi connectivity index (χ2n) is 4.85. The Hall–Kier alpha value is -2.00. The first-order valence-electron chi connectivity index (χ1n) is 7.01. The molecule has 0 unspecified atom stereocenters. The number of imidazole rings is 1. The van der Waals surface area contributed by atoms with Crippen molar-refractivity contribution >= 4 is 17.2 Å². The van der Waals surface area contributed by atoms with Crippen molar-refractivity contribution in [1.82, 2.24) is 9.38 Å². The molecule has 4 heteroatoms. The molecule has 0 radical (unpaired) electrons. The number of alkyl halides is 1. The number of benzene rings is 1. The summed E-state index contributed by atoms with van der Waals surface area (Å²) < 4.78 is 7.78. The number of pyridine rings is 1. The quantitative estimate of drug-likeness (QED) is 0.666. The van der Waals surface area contributed by atoms with E-state index in [0.717, 1.165) is 33.9 Å². The van der Waals surface area contributed by atoms with Gasteiger partial charge >= 0.3 is 0 Å². The third-order valence-electron chi connectivity index (χ3n) is 3.51. The van der Waals surface area contributed by atoms with Crippen molar-refractivity contribution in [2.75, 3.05) is 6.61 Å². The molecule has 0 saturated carbocycles. The second kappa shape index (κ2) is 5.78. The summed E-state index contributed by atoms with van der Waals surface area (Å²) in [7, 11) is 0. The van der Waals surface area contributed by atoms with Crippen LogP contribution in [0.1, 0.15) is 18.2 Å². The van der Waals surface area contributed by atoms with E-state index in [-0.39, 0.29) is 0 Å². The molecule has 0 aliphatic rings. The average Bonchev–Trinajstić information content (AvgIpc) is 2.88. The number of nitrogens with zero attached hydrogens (tertiary/aromatic N) is 2. The van der Waals surface area contributed by atoms with Crippen LogP contribution in [0.25, 0.3) is 16.9 Å². The summed E-state index contributed by atoms with van der Waals surface area (Å²) in [6.45, 7) is 4.66. The van der Waals surface area contributed by atoms with Gasteiger partial charge < -0.3 is 9.14 Å². The molecule has 0 bridgehead atoms. The van der Waals surface area contributed by atoms with E-state index in [0.29, 0.717) is 12.5 Å². The number of hydrogen-bond donors (Lipinski definition) is 0. The zero-order valence-corrected chi connectivity index (χ0v) is 12.9. The molecule has 0 atom stereocenters. The SMILES string of the molecule is CCOc1ccccc1-c1nc2c(C)cccn2c1CCl. The van der Waals surface area contributed by atoms with Crippen LogP contribution in [0.4, 0.5) is 0 Å². The molecule has 2 heterocycles. The van der Waals surface area contributed by atoms with Crippen LogP contribution in [0.5, 0.6) is 5.75 Å². The van der Waals surface area contributed by atoms with E-state index >= 15 is 0 Å². The summed E-state index contributed by atoms with van der Waals surface area (Å²) >= 11 is 6.18. The van der Waals surface area contributed by atoms with Gasteiger partial charge in [0, 0.05) is 11.8 Å². The van der Waals surface area contributed by atoms with E-state index in [1.54, 1.807) is 0 Å². The maximum atomic E-state index is 6.18. The van der Waals surface area contributed by atoms with Gasteiger partial charge in [-0.3, -0.25) is 0 Å². The first-order chi connectivity index (χ1) is 10.3. The predicted octanol–water partition coefficient (Wildman–Crippen LogP) is 4.45. The van der Waals surface area contributed by atoms with Crippen molar-refractivity contribution in [3.05, 3.63) is 53.9 Å². The van der Waals surface area contributed by atoms with Gasteiger partial charge in [0.25, 0.3) is 0 Å². The molecule has 108 valence electrons. The Morgan fingerprint density at radius 1 is 1.19 bits per heavy atom. The van der Waals surface area contributed by atoms with Crippen molar-refractivity contribution in [3.8, 4) is 17.0 Å². The van der Waals surface area contributed by atoms with Gasteiger partial charge in [-0.1, -0.05) is 18.2 Å². The molecular formula is C17H17ClN2O. The fraction of sp³-hybridized carbons (Fsp3) is 0.235. The Bertz CT molecular complexity index is 780. The average molecular weight is 301 g/mol. The fourth-order valence-corrected chi connectivity index (χ4v) is 2.80. The molecule has 21 heavy (non-hydrogen) atoms. The fourth-order valence-electron chi connectivity index (χ4n) is 2.54. The minimum atomic E-state index is 0.403. The van der Waals surface area contributed by atoms with Crippen LogP contribution in [0.3, 0.4) is 0 Å². The Kier molecular flexibility index (Phi) is 3.84. The molecular weight excluding hydrogens is 284 g/mol. The molecule has 0 fully saturated rings. The highest BCUT2D eigenvalue weighted by Crippen LogP contribution is 2.33. The van der Waals surface area contributed by atoms with E-state index in [1.807, 2.05) is 43.5 Å². The third-order valence-corrected chi connectivity index (χ3v) is 3.77. The van der Waals surface area contributed by atoms with Crippen LogP contribution in [-0.4, -0.2) is 16.0 Å². The van der Waals surface area contributed by atoms with Crippen LogP contribution < -0.4 is 4.74 Å². The molecule has 3 aromatic rings. The van der Waals surface area contributed by atoms with E-state index in [4.69, 9.17) is 21.3 Å². The number of rotatable bonds is 4. The van der Waals surface area contributed by atoms with E-state index < -0.39 is 0 Å². The number of ether oxygens (including phenoxy) is 1.